The number of hydrogen-bond donors (Lipinski definition) is 0. The van der Waals surface area contributed by atoms with E-state index in [0.717, 1.165) is 111 Å². The molecule has 12 aromatic carbocycles. The van der Waals surface area contributed by atoms with Crippen molar-refractivity contribution in [2.75, 3.05) is 9.80 Å². The van der Waals surface area contributed by atoms with Gasteiger partial charge in [-0.3, -0.25) is 0 Å². The molecule has 2 nitrogen and oxygen atoms in total. The molecule has 0 saturated carbocycles. The van der Waals surface area contributed by atoms with Crippen LogP contribution < -0.4 is 15.1 Å². The molecule has 68 heavy (non-hydrogen) atoms. The molecule has 0 bridgehead atoms. The molecule has 0 spiro atoms. The topological polar surface area (TPSA) is 6.48 Å². The predicted octanol–water partition coefficient (Wildman–Crippen LogP) is 17.8. The Bertz CT molecular complexity index is 3490. The van der Waals surface area contributed by atoms with Crippen LogP contribution in [0.1, 0.15) is 0 Å². The van der Waals surface area contributed by atoms with Crippen LogP contribution in [-0.2, 0) is 0 Å². The summed E-state index contributed by atoms with van der Waals surface area (Å²) >= 11 is 0. The minimum absolute atomic E-state index is 0.304. The molecule has 0 aromatic heterocycles. The minimum Gasteiger partial charge on any atom is -0.309 e. The molecule has 1 atom stereocenters. The van der Waals surface area contributed by atoms with Crippen LogP contribution in [0.3, 0.4) is 0 Å². The molecule has 0 aliphatic heterocycles. The van der Waals surface area contributed by atoms with Gasteiger partial charge in [0.05, 0.1) is 22.7 Å². The lowest BCUT2D eigenvalue weighted by molar-refractivity contribution is 0.630. The van der Waals surface area contributed by atoms with Crippen LogP contribution in [0.15, 0.2) is 255 Å². The van der Waals surface area contributed by atoms with Gasteiger partial charge in [0, 0.05) is 33.3 Å². The molecule has 12 rings (SSSR count). The van der Waals surface area contributed by atoms with Crippen LogP contribution in [0.25, 0.3) is 76.8 Å². The third-order valence-electron chi connectivity index (χ3n) is 13.2. The van der Waals surface area contributed by atoms with Crippen molar-refractivity contribution in [2.24, 2.45) is 0 Å². The molecule has 1 unspecified atom stereocenters. The Morgan fingerprint density at radius 1 is 0.309 bits per heavy atom. The Hall–Kier alpha value is -8.36. The monoisotopic (exact) mass is 890 g/mol. The van der Waals surface area contributed by atoms with Gasteiger partial charge in [0.2, 0.25) is 0 Å². The lowest BCUT2D eigenvalue weighted by Crippen LogP contribution is -2.18. The van der Waals surface area contributed by atoms with Gasteiger partial charge >= 0.3 is 0 Å². The zero-order chi connectivity index (χ0) is 45.6. The van der Waals surface area contributed by atoms with Crippen molar-refractivity contribution < 1.29 is 4.39 Å². The molecule has 12 aromatic rings. The van der Waals surface area contributed by atoms with Crippen molar-refractivity contribution in [3.05, 3.63) is 261 Å². The minimum atomic E-state index is -0.304. The van der Waals surface area contributed by atoms with Crippen molar-refractivity contribution in [3.63, 3.8) is 0 Å². The highest BCUT2D eigenvalue weighted by atomic mass is 31.0. The van der Waals surface area contributed by atoms with Crippen LogP contribution in [0, 0.1) is 5.82 Å². The van der Waals surface area contributed by atoms with Crippen molar-refractivity contribution in [1.82, 2.24) is 0 Å². The standard InChI is InChI=1S/C64H44FN2P/c65-57-41-49(43-19-7-1-8-20-43)39-55(45-23-11-3-12-24-45)63(57)66(51-27-15-5-16-28-51)58-37-33-47-32-36-54-59(38-34-48-31-35-53(58)61(47)62(48)54)67(52-29-17-6-18-30-52)64-56(46-25-13-4-14-26-46)40-50(42-60(64)68)44-21-9-2-10-22-44/h1-42H,68H2. The van der Waals surface area contributed by atoms with Gasteiger partial charge in [-0.1, -0.05) is 194 Å². The molecule has 0 fully saturated rings. The first-order chi connectivity index (χ1) is 33.6. The van der Waals surface area contributed by atoms with Crippen molar-refractivity contribution in [1.29, 1.82) is 0 Å². The summed E-state index contributed by atoms with van der Waals surface area (Å²) in [7, 11) is 3.09. The summed E-state index contributed by atoms with van der Waals surface area (Å²) in [5, 5.41) is 7.76. The van der Waals surface area contributed by atoms with Gasteiger partial charge in [-0.05, 0) is 121 Å². The number of hydrogen-bond acceptors (Lipinski definition) is 2. The van der Waals surface area contributed by atoms with Gasteiger partial charge in [0.25, 0.3) is 0 Å². The van der Waals surface area contributed by atoms with E-state index >= 15 is 4.39 Å². The maximum absolute atomic E-state index is 17.6. The number of nitrogens with zero attached hydrogens (tertiary/aromatic N) is 2. The second-order valence-corrected chi connectivity index (χ2v) is 17.8. The van der Waals surface area contributed by atoms with E-state index < -0.39 is 0 Å². The molecule has 4 heteroatoms. The Balaban J connectivity index is 1.12. The zero-order valence-electron chi connectivity index (χ0n) is 37.1. The quantitative estimate of drug-likeness (QED) is 0.0997. The first-order valence-electron chi connectivity index (χ1n) is 23.0. The van der Waals surface area contributed by atoms with Crippen molar-refractivity contribution in [3.8, 4) is 44.5 Å². The highest BCUT2D eigenvalue weighted by molar-refractivity contribution is 7.28. The third kappa shape index (κ3) is 7.26. The highest BCUT2D eigenvalue weighted by Crippen LogP contribution is 2.51. The second kappa shape index (κ2) is 17.5. The van der Waals surface area contributed by atoms with Crippen molar-refractivity contribution >= 4 is 81.0 Å². The summed E-state index contributed by atoms with van der Waals surface area (Å²) in [6.07, 6.45) is 0. The molecule has 0 N–H and O–H groups in total. The predicted molar refractivity (Wildman–Crippen MR) is 291 cm³/mol. The van der Waals surface area contributed by atoms with E-state index in [4.69, 9.17) is 0 Å². The SMILES string of the molecule is Fc1cc(-c2ccccc2)cc(-c2ccccc2)c1N(c1ccccc1)c1ccc2ccc3c(N(c4ccccc4)c4c(P)cc(-c5ccccc5)cc4-c4ccccc4)ccc4ccc1c2c43. The molecule has 0 amide bonds. The fraction of sp³-hybridized carbons (Fsp3) is 0. The van der Waals surface area contributed by atoms with E-state index in [1.807, 2.05) is 66.7 Å². The fourth-order valence-corrected chi connectivity index (χ4v) is 10.6. The maximum Gasteiger partial charge on any atom is 0.148 e. The summed E-state index contributed by atoms with van der Waals surface area (Å²) in [6, 6.07) is 88.7. The Kier molecular flexibility index (Phi) is 10.6. The molecule has 0 aliphatic rings. The van der Waals surface area contributed by atoms with E-state index in [-0.39, 0.29) is 5.82 Å². The van der Waals surface area contributed by atoms with Gasteiger partial charge in [0.15, 0.2) is 0 Å². The van der Waals surface area contributed by atoms with Crippen molar-refractivity contribution in [2.45, 2.75) is 0 Å². The van der Waals surface area contributed by atoms with E-state index in [1.54, 1.807) is 6.07 Å². The summed E-state index contributed by atoms with van der Waals surface area (Å²) < 4.78 is 17.6. The summed E-state index contributed by atoms with van der Waals surface area (Å²) in [5.74, 6) is -0.304. The Morgan fingerprint density at radius 2 is 0.662 bits per heavy atom. The lowest BCUT2D eigenvalue weighted by atomic mass is 9.90. The number of rotatable bonds is 10. The third-order valence-corrected chi connectivity index (χ3v) is 13.6. The van der Waals surface area contributed by atoms with Crippen LogP contribution in [0.4, 0.5) is 38.5 Å². The number of halogens is 1. The maximum atomic E-state index is 17.6. The van der Waals surface area contributed by atoms with Gasteiger partial charge in [-0.25, -0.2) is 4.39 Å². The molecule has 0 heterocycles. The summed E-state index contributed by atoms with van der Waals surface area (Å²) in [4.78, 5) is 4.55. The molecule has 0 saturated heterocycles. The van der Waals surface area contributed by atoms with Gasteiger partial charge in [-0.15, -0.1) is 9.24 Å². The fourth-order valence-electron chi connectivity index (χ4n) is 10.1. The molecule has 322 valence electrons. The zero-order valence-corrected chi connectivity index (χ0v) is 38.3. The van der Waals surface area contributed by atoms with Crippen LogP contribution in [0.5, 0.6) is 0 Å². The normalized spacial score (nSPS) is 11.4. The van der Waals surface area contributed by atoms with Gasteiger partial charge in [0.1, 0.15) is 5.82 Å². The largest absolute Gasteiger partial charge is 0.309 e. The average molecular weight is 891 g/mol. The Morgan fingerprint density at radius 3 is 1.10 bits per heavy atom. The first-order valence-corrected chi connectivity index (χ1v) is 23.6. The second-order valence-electron chi connectivity index (χ2n) is 17.2. The molecule has 0 aliphatic carbocycles. The molecular formula is C64H44FN2P. The van der Waals surface area contributed by atoms with Crippen LogP contribution in [0.2, 0.25) is 0 Å². The number of anilines is 6. The highest BCUT2D eigenvalue weighted by Gasteiger charge is 2.27. The van der Waals surface area contributed by atoms with Gasteiger partial charge < -0.3 is 9.80 Å². The van der Waals surface area contributed by atoms with E-state index in [9.17, 15) is 0 Å². The summed E-state index contributed by atoms with van der Waals surface area (Å²) in [5.41, 5.74) is 13.5. The van der Waals surface area contributed by atoms with Crippen LogP contribution in [-0.4, -0.2) is 0 Å². The number of benzene rings is 12. The average Bonchev–Trinajstić information content (AvgIpc) is 3.41. The Labute approximate surface area is 398 Å². The summed E-state index contributed by atoms with van der Waals surface area (Å²) in [6.45, 7) is 0. The van der Waals surface area contributed by atoms with Crippen LogP contribution >= 0.6 is 9.24 Å². The molecular weight excluding hydrogens is 847 g/mol. The van der Waals surface area contributed by atoms with Gasteiger partial charge in [-0.2, -0.15) is 0 Å². The number of para-hydroxylation sites is 2. The lowest BCUT2D eigenvalue weighted by Gasteiger charge is -2.32. The molecule has 0 radical (unpaired) electrons. The first kappa shape index (κ1) is 41.1. The van der Waals surface area contributed by atoms with E-state index in [1.165, 1.54) is 0 Å². The van der Waals surface area contributed by atoms with E-state index in [2.05, 4.69) is 201 Å². The van der Waals surface area contributed by atoms with E-state index in [0.29, 0.717) is 5.69 Å². The smallest absolute Gasteiger partial charge is 0.148 e.